The van der Waals surface area contributed by atoms with Gasteiger partial charge in [0.25, 0.3) is 0 Å². The number of aryl methyl sites for hydroxylation is 1. The van der Waals surface area contributed by atoms with Crippen molar-refractivity contribution in [2.45, 2.75) is 31.4 Å². The zero-order chi connectivity index (χ0) is 13.2. The molecule has 1 aromatic rings. The van der Waals surface area contributed by atoms with Crippen LogP contribution in [0.25, 0.3) is 0 Å². The fraction of sp³-hybridized carbons (Fsp3) is 0.533. The number of benzene rings is 1. The summed E-state index contributed by atoms with van der Waals surface area (Å²) in [5.41, 5.74) is 2.37. The predicted octanol–water partition coefficient (Wildman–Crippen LogP) is 1.34. The van der Waals surface area contributed by atoms with Crippen molar-refractivity contribution in [1.29, 1.82) is 0 Å². The lowest BCUT2D eigenvalue weighted by atomic mass is 10.0. The van der Waals surface area contributed by atoms with Crippen LogP contribution in [-0.2, 0) is 16.0 Å². The third-order valence-corrected chi connectivity index (χ3v) is 4.10. The first-order valence-electron chi connectivity index (χ1n) is 6.95. The van der Waals surface area contributed by atoms with Gasteiger partial charge in [0.1, 0.15) is 0 Å². The Kier molecular flexibility index (Phi) is 3.53. The molecular weight excluding hydrogens is 240 g/mol. The molecule has 0 saturated carbocycles. The zero-order valence-corrected chi connectivity index (χ0v) is 11.3. The van der Waals surface area contributed by atoms with Gasteiger partial charge in [-0.15, -0.1) is 0 Å². The van der Waals surface area contributed by atoms with Gasteiger partial charge in [-0.1, -0.05) is 18.2 Å². The van der Waals surface area contributed by atoms with Crippen molar-refractivity contribution < 1.29 is 9.53 Å². The molecule has 4 nitrogen and oxygen atoms in total. The van der Waals surface area contributed by atoms with Crippen molar-refractivity contribution in [3.8, 4) is 0 Å². The predicted molar refractivity (Wildman–Crippen MR) is 74.3 cm³/mol. The zero-order valence-electron chi connectivity index (χ0n) is 11.3. The van der Waals surface area contributed by atoms with E-state index in [1.54, 1.807) is 7.11 Å². The van der Waals surface area contributed by atoms with Gasteiger partial charge in [-0.2, -0.15) is 0 Å². The van der Waals surface area contributed by atoms with E-state index in [4.69, 9.17) is 4.74 Å². The number of nitrogens with one attached hydrogen (secondary N) is 1. The number of fused-ring (bicyclic) bond motifs is 1. The summed E-state index contributed by atoms with van der Waals surface area (Å²) in [6.45, 7) is 1.59. The van der Waals surface area contributed by atoms with Crippen molar-refractivity contribution in [3.05, 3.63) is 29.8 Å². The van der Waals surface area contributed by atoms with Crippen LogP contribution < -0.4 is 10.2 Å². The van der Waals surface area contributed by atoms with Crippen LogP contribution in [0.5, 0.6) is 0 Å². The lowest BCUT2D eigenvalue weighted by molar-refractivity contribution is -0.120. The number of nitrogens with zero attached hydrogens (tertiary/aromatic N) is 1. The van der Waals surface area contributed by atoms with Crippen LogP contribution in [0, 0.1) is 0 Å². The molecule has 19 heavy (non-hydrogen) atoms. The first kappa shape index (κ1) is 12.6. The molecule has 2 heterocycles. The Morgan fingerprint density at radius 3 is 3.05 bits per heavy atom. The van der Waals surface area contributed by atoms with Gasteiger partial charge in [-0.3, -0.25) is 4.79 Å². The molecule has 2 atom stereocenters. The summed E-state index contributed by atoms with van der Waals surface area (Å²) in [4.78, 5) is 14.6. The molecule has 2 unspecified atom stereocenters. The van der Waals surface area contributed by atoms with Gasteiger partial charge < -0.3 is 15.0 Å². The molecule has 3 rings (SSSR count). The monoisotopic (exact) mass is 260 g/mol. The standard InChI is InChI=1S/C15H20N2O2/c1-19-12-9-13(16-10-12)15(18)17-8-4-6-11-5-2-3-7-14(11)17/h2-3,5,7,12-13,16H,4,6,8-10H2,1H3. The fourth-order valence-corrected chi connectivity index (χ4v) is 3.02. The van der Waals surface area contributed by atoms with Crippen molar-refractivity contribution in [1.82, 2.24) is 5.32 Å². The second-order valence-corrected chi connectivity index (χ2v) is 5.28. The van der Waals surface area contributed by atoms with Gasteiger partial charge in [0, 0.05) is 25.9 Å². The van der Waals surface area contributed by atoms with E-state index in [0.717, 1.165) is 38.0 Å². The molecule has 2 aliphatic heterocycles. The van der Waals surface area contributed by atoms with Gasteiger partial charge in [-0.05, 0) is 30.9 Å². The lowest BCUT2D eigenvalue weighted by Crippen LogP contribution is -2.45. The SMILES string of the molecule is COC1CNC(C(=O)N2CCCc3ccccc32)C1. The van der Waals surface area contributed by atoms with Gasteiger partial charge in [0.2, 0.25) is 5.91 Å². The van der Waals surface area contributed by atoms with E-state index in [1.807, 2.05) is 17.0 Å². The highest BCUT2D eigenvalue weighted by Gasteiger charge is 2.34. The second-order valence-electron chi connectivity index (χ2n) is 5.28. The highest BCUT2D eigenvalue weighted by atomic mass is 16.5. The maximum absolute atomic E-state index is 12.6. The third kappa shape index (κ3) is 2.38. The molecule has 1 aromatic carbocycles. The first-order valence-corrected chi connectivity index (χ1v) is 6.95. The molecule has 102 valence electrons. The van der Waals surface area contributed by atoms with E-state index in [1.165, 1.54) is 5.56 Å². The summed E-state index contributed by atoms with van der Waals surface area (Å²) in [6.07, 6.45) is 3.05. The van der Waals surface area contributed by atoms with Crippen LogP contribution in [0.2, 0.25) is 0 Å². The molecule has 0 aromatic heterocycles. The smallest absolute Gasteiger partial charge is 0.244 e. The molecule has 4 heteroatoms. The molecule has 1 N–H and O–H groups in total. The molecule has 1 amide bonds. The third-order valence-electron chi connectivity index (χ3n) is 4.10. The Morgan fingerprint density at radius 1 is 1.42 bits per heavy atom. The number of ether oxygens (including phenoxy) is 1. The van der Waals surface area contributed by atoms with Crippen molar-refractivity contribution in [2.75, 3.05) is 25.1 Å². The molecule has 2 aliphatic rings. The molecular formula is C15H20N2O2. The molecule has 0 aliphatic carbocycles. The number of hydrogen-bond donors (Lipinski definition) is 1. The first-order chi connectivity index (χ1) is 9.29. The van der Waals surface area contributed by atoms with Crippen LogP contribution >= 0.6 is 0 Å². The summed E-state index contributed by atoms with van der Waals surface area (Å²) in [5.74, 6) is 0.187. The number of rotatable bonds is 2. The quantitative estimate of drug-likeness (QED) is 0.872. The van der Waals surface area contributed by atoms with E-state index < -0.39 is 0 Å². The van der Waals surface area contributed by atoms with Crippen LogP contribution in [-0.4, -0.2) is 38.3 Å². The molecule has 0 radical (unpaired) electrons. The Labute approximate surface area is 113 Å². The van der Waals surface area contributed by atoms with Gasteiger partial charge in [-0.25, -0.2) is 0 Å². The highest BCUT2D eigenvalue weighted by molar-refractivity contribution is 5.98. The lowest BCUT2D eigenvalue weighted by Gasteiger charge is -2.31. The Morgan fingerprint density at radius 2 is 2.26 bits per heavy atom. The fourth-order valence-electron chi connectivity index (χ4n) is 3.02. The van der Waals surface area contributed by atoms with Gasteiger partial charge in [0.05, 0.1) is 12.1 Å². The normalized spacial score (nSPS) is 26.3. The maximum Gasteiger partial charge on any atom is 0.244 e. The summed E-state index contributed by atoms with van der Waals surface area (Å²) in [5, 5.41) is 3.27. The number of anilines is 1. The van der Waals surface area contributed by atoms with Crippen LogP contribution in [0.1, 0.15) is 18.4 Å². The molecule has 0 spiro atoms. The van der Waals surface area contributed by atoms with Crippen LogP contribution in [0.4, 0.5) is 5.69 Å². The number of carbonyl (C=O) groups excluding carboxylic acids is 1. The number of para-hydroxylation sites is 1. The molecule has 1 fully saturated rings. The average Bonchev–Trinajstić information content (AvgIpc) is 2.95. The number of hydrogen-bond acceptors (Lipinski definition) is 3. The number of methoxy groups -OCH3 is 1. The molecule has 1 saturated heterocycles. The Bertz CT molecular complexity index is 475. The minimum absolute atomic E-state index is 0.101. The average molecular weight is 260 g/mol. The number of carbonyl (C=O) groups is 1. The van der Waals surface area contributed by atoms with E-state index >= 15 is 0 Å². The summed E-state index contributed by atoms with van der Waals surface area (Å²) in [6, 6.07) is 8.12. The second kappa shape index (κ2) is 5.31. The van der Waals surface area contributed by atoms with Crippen LogP contribution in [0.15, 0.2) is 24.3 Å². The Hall–Kier alpha value is -1.39. The minimum atomic E-state index is -0.101. The summed E-state index contributed by atoms with van der Waals surface area (Å²) in [7, 11) is 1.70. The van der Waals surface area contributed by atoms with Crippen molar-refractivity contribution in [3.63, 3.8) is 0 Å². The van der Waals surface area contributed by atoms with Crippen molar-refractivity contribution >= 4 is 11.6 Å². The van der Waals surface area contributed by atoms with Gasteiger partial charge >= 0.3 is 0 Å². The highest BCUT2D eigenvalue weighted by Crippen LogP contribution is 2.28. The van der Waals surface area contributed by atoms with Crippen LogP contribution in [0.3, 0.4) is 0 Å². The maximum atomic E-state index is 12.6. The summed E-state index contributed by atoms with van der Waals surface area (Å²) >= 11 is 0. The van der Waals surface area contributed by atoms with E-state index in [0.29, 0.717) is 0 Å². The number of amides is 1. The Balaban J connectivity index is 1.78. The molecule has 0 bridgehead atoms. The van der Waals surface area contributed by atoms with Gasteiger partial charge in [0.15, 0.2) is 0 Å². The van der Waals surface area contributed by atoms with E-state index in [9.17, 15) is 4.79 Å². The van der Waals surface area contributed by atoms with E-state index in [2.05, 4.69) is 17.4 Å². The topological polar surface area (TPSA) is 41.6 Å². The van der Waals surface area contributed by atoms with Crippen molar-refractivity contribution in [2.24, 2.45) is 0 Å². The minimum Gasteiger partial charge on any atom is -0.380 e. The summed E-state index contributed by atoms with van der Waals surface area (Å²) < 4.78 is 5.32. The largest absolute Gasteiger partial charge is 0.380 e. The van der Waals surface area contributed by atoms with E-state index in [-0.39, 0.29) is 18.1 Å².